The van der Waals surface area contributed by atoms with Crippen LogP contribution in [0, 0.1) is 5.92 Å². The SMILES string of the molecule is CC(=O)CNC(=O)C(CC(C)C)NC(=O)CN. The molecule has 0 aliphatic heterocycles. The van der Waals surface area contributed by atoms with Gasteiger partial charge in [-0.1, -0.05) is 13.8 Å². The maximum atomic E-state index is 11.7. The Morgan fingerprint density at radius 2 is 1.82 bits per heavy atom. The van der Waals surface area contributed by atoms with Crippen molar-refractivity contribution in [2.45, 2.75) is 33.2 Å². The van der Waals surface area contributed by atoms with Crippen molar-refractivity contribution < 1.29 is 14.4 Å². The van der Waals surface area contributed by atoms with Crippen molar-refractivity contribution in [3.63, 3.8) is 0 Å². The van der Waals surface area contributed by atoms with Crippen molar-refractivity contribution in [2.75, 3.05) is 13.1 Å². The van der Waals surface area contributed by atoms with Gasteiger partial charge < -0.3 is 16.4 Å². The first-order valence-corrected chi connectivity index (χ1v) is 5.63. The Morgan fingerprint density at radius 1 is 1.24 bits per heavy atom. The molecule has 0 heterocycles. The summed E-state index contributed by atoms with van der Waals surface area (Å²) in [5.41, 5.74) is 5.18. The molecule has 0 aromatic rings. The molecule has 0 fully saturated rings. The van der Waals surface area contributed by atoms with E-state index in [0.29, 0.717) is 6.42 Å². The first-order chi connectivity index (χ1) is 7.86. The average molecular weight is 243 g/mol. The highest BCUT2D eigenvalue weighted by molar-refractivity contribution is 5.90. The van der Waals surface area contributed by atoms with Gasteiger partial charge in [0, 0.05) is 0 Å². The van der Waals surface area contributed by atoms with E-state index in [2.05, 4.69) is 10.6 Å². The second-order valence-electron chi connectivity index (χ2n) is 4.37. The van der Waals surface area contributed by atoms with E-state index < -0.39 is 6.04 Å². The van der Waals surface area contributed by atoms with Crippen LogP contribution in [0.1, 0.15) is 27.2 Å². The molecule has 4 N–H and O–H groups in total. The van der Waals surface area contributed by atoms with Gasteiger partial charge in [0.15, 0.2) is 0 Å². The molecular weight excluding hydrogens is 222 g/mol. The van der Waals surface area contributed by atoms with Crippen LogP contribution in [0.2, 0.25) is 0 Å². The van der Waals surface area contributed by atoms with Gasteiger partial charge >= 0.3 is 0 Å². The molecule has 0 radical (unpaired) electrons. The second-order valence-corrected chi connectivity index (χ2v) is 4.37. The van der Waals surface area contributed by atoms with E-state index in [-0.39, 0.29) is 36.6 Å². The Bertz CT molecular complexity index is 290. The molecule has 1 atom stereocenters. The average Bonchev–Trinajstić information content (AvgIpc) is 2.23. The van der Waals surface area contributed by atoms with Crippen LogP contribution in [0.4, 0.5) is 0 Å². The largest absolute Gasteiger partial charge is 0.347 e. The molecule has 0 aliphatic rings. The lowest BCUT2D eigenvalue weighted by Crippen LogP contribution is -2.49. The highest BCUT2D eigenvalue weighted by Gasteiger charge is 2.21. The van der Waals surface area contributed by atoms with Crippen LogP contribution < -0.4 is 16.4 Å². The Balaban J connectivity index is 4.39. The van der Waals surface area contributed by atoms with Crippen LogP contribution in [-0.2, 0) is 14.4 Å². The molecule has 0 spiro atoms. The van der Waals surface area contributed by atoms with Crippen molar-refractivity contribution in [2.24, 2.45) is 11.7 Å². The highest BCUT2D eigenvalue weighted by atomic mass is 16.2. The van der Waals surface area contributed by atoms with Gasteiger partial charge in [0.25, 0.3) is 0 Å². The number of Topliss-reactive ketones (excluding diaryl/α,β-unsaturated/α-hetero) is 1. The zero-order valence-electron chi connectivity index (χ0n) is 10.6. The first-order valence-electron chi connectivity index (χ1n) is 5.63. The lowest BCUT2D eigenvalue weighted by atomic mass is 10.0. The molecule has 2 amide bonds. The molecule has 17 heavy (non-hydrogen) atoms. The molecule has 0 rings (SSSR count). The Labute approximate surface area is 101 Å². The number of hydrogen-bond donors (Lipinski definition) is 3. The monoisotopic (exact) mass is 243 g/mol. The lowest BCUT2D eigenvalue weighted by molar-refractivity contribution is -0.129. The smallest absolute Gasteiger partial charge is 0.242 e. The number of nitrogens with two attached hydrogens (primary N) is 1. The highest BCUT2D eigenvalue weighted by Crippen LogP contribution is 2.04. The summed E-state index contributed by atoms with van der Waals surface area (Å²) < 4.78 is 0. The Morgan fingerprint density at radius 3 is 2.24 bits per heavy atom. The molecule has 0 aliphatic carbocycles. The third-order valence-corrected chi connectivity index (χ3v) is 2.06. The molecule has 0 saturated heterocycles. The quantitative estimate of drug-likeness (QED) is 0.544. The maximum absolute atomic E-state index is 11.7. The number of rotatable bonds is 7. The van der Waals surface area contributed by atoms with Crippen molar-refractivity contribution in [1.82, 2.24) is 10.6 Å². The summed E-state index contributed by atoms with van der Waals surface area (Å²) in [6, 6.07) is -0.634. The number of carbonyl (C=O) groups is 3. The second kappa shape index (κ2) is 7.78. The summed E-state index contributed by atoms with van der Waals surface area (Å²) in [5, 5.41) is 5.01. The van der Waals surface area contributed by atoms with Gasteiger partial charge in [-0.3, -0.25) is 14.4 Å². The summed E-state index contributed by atoms with van der Waals surface area (Å²) >= 11 is 0. The minimum atomic E-state index is -0.634. The van der Waals surface area contributed by atoms with Crippen molar-refractivity contribution in [1.29, 1.82) is 0 Å². The summed E-state index contributed by atoms with van der Waals surface area (Å²) in [6.07, 6.45) is 0.509. The van der Waals surface area contributed by atoms with E-state index >= 15 is 0 Å². The predicted molar refractivity (Wildman–Crippen MR) is 64.1 cm³/mol. The normalized spacial score (nSPS) is 12.1. The topological polar surface area (TPSA) is 101 Å². The van der Waals surface area contributed by atoms with Crippen LogP contribution in [0.5, 0.6) is 0 Å². The maximum Gasteiger partial charge on any atom is 0.242 e. The fourth-order valence-corrected chi connectivity index (χ4v) is 1.29. The van der Waals surface area contributed by atoms with E-state index in [4.69, 9.17) is 5.73 Å². The van der Waals surface area contributed by atoms with Crippen LogP contribution in [0.3, 0.4) is 0 Å². The predicted octanol–water partition coefficient (Wildman–Crippen LogP) is -0.819. The van der Waals surface area contributed by atoms with Gasteiger partial charge in [-0.15, -0.1) is 0 Å². The molecule has 0 bridgehead atoms. The Kier molecular flexibility index (Phi) is 7.13. The van der Waals surface area contributed by atoms with E-state index in [1.807, 2.05) is 13.8 Å². The molecule has 98 valence electrons. The van der Waals surface area contributed by atoms with Gasteiger partial charge in [-0.25, -0.2) is 0 Å². The zero-order chi connectivity index (χ0) is 13.4. The fraction of sp³-hybridized carbons (Fsp3) is 0.727. The fourth-order valence-electron chi connectivity index (χ4n) is 1.29. The summed E-state index contributed by atoms with van der Waals surface area (Å²) in [6.45, 7) is 5.09. The molecule has 0 aromatic heterocycles. The summed E-state index contributed by atoms with van der Waals surface area (Å²) in [7, 11) is 0. The summed E-state index contributed by atoms with van der Waals surface area (Å²) in [5.74, 6) is -0.614. The van der Waals surface area contributed by atoms with E-state index in [0.717, 1.165) is 0 Å². The number of carbonyl (C=O) groups excluding carboxylic acids is 3. The first kappa shape index (κ1) is 15.6. The van der Waals surface area contributed by atoms with Crippen LogP contribution in [0.15, 0.2) is 0 Å². The molecular formula is C11H21N3O3. The van der Waals surface area contributed by atoms with Crippen LogP contribution in [-0.4, -0.2) is 36.7 Å². The van der Waals surface area contributed by atoms with Crippen molar-refractivity contribution >= 4 is 17.6 Å². The lowest BCUT2D eigenvalue weighted by Gasteiger charge is -2.19. The summed E-state index contributed by atoms with van der Waals surface area (Å²) in [4.78, 5) is 33.6. The standard InChI is InChI=1S/C11H21N3O3/c1-7(2)4-9(14-10(16)5-12)11(17)13-6-8(3)15/h7,9H,4-6,12H2,1-3H3,(H,13,17)(H,14,16). The van der Waals surface area contributed by atoms with Gasteiger partial charge in [0.1, 0.15) is 11.8 Å². The van der Waals surface area contributed by atoms with Crippen molar-refractivity contribution in [3.05, 3.63) is 0 Å². The molecule has 0 aromatic carbocycles. The molecule has 6 heteroatoms. The Hall–Kier alpha value is -1.43. The number of hydrogen-bond acceptors (Lipinski definition) is 4. The van der Waals surface area contributed by atoms with Crippen LogP contribution >= 0.6 is 0 Å². The van der Waals surface area contributed by atoms with Gasteiger partial charge in [0.05, 0.1) is 13.1 Å². The van der Waals surface area contributed by atoms with Gasteiger partial charge in [0.2, 0.25) is 11.8 Å². The molecule has 6 nitrogen and oxygen atoms in total. The molecule has 0 saturated carbocycles. The minimum Gasteiger partial charge on any atom is -0.347 e. The number of ketones is 1. The third kappa shape index (κ3) is 7.46. The number of nitrogens with one attached hydrogen (secondary N) is 2. The van der Waals surface area contributed by atoms with E-state index in [1.165, 1.54) is 6.92 Å². The molecule has 1 unspecified atom stereocenters. The third-order valence-electron chi connectivity index (χ3n) is 2.06. The van der Waals surface area contributed by atoms with Crippen molar-refractivity contribution in [3.8, 4) is 0 Å². The minimum absolute atomic E-state index is 0.0219. The number of amides is 2. The van der Waals surface area contributed by atoms with Gasteiger partial charge in [-0.2, -0.15) is 0 Å². The van der Waals surface area contributed by atoms with Gasteiger partial charge in [-0.05, 0) is 19.3 Å². The van der Waals surface area contributed by atoms with Crippen LogP contribution in [0.25, 0.3) is 0 Å². The van der Waals surface area contributed by atoms with E-state index in [1.54, 1.807) is 0 Å². The zero-order valence-corrected chi connectivity index (χ0v) is 10.6. The van der Waals surface area contributed by atoms with E-state index in [9.17, 15) is 14.4 Å².